The molecule has 0 fully saturated rings. The minimum atomic E-state index is -0.620. The number of benzene rings is 2. The van der Waals surface area contributed by atoms with Crippen molar-refractivity contribution in [1.29, 1.82) is 0 Å². The van der Waals surface area contributed by atoms with Gasteiger partial charge in [-0.3, -0.25) is 0 Å². The Morgan fingerprint density at radius 1 is 0.708 bits per heavy atom. The zero-order chi connectivity index (χ0) is 16.9. The van der Waals surface area contributed by atoms with E-state index in [-0.39, 0.29) is 0 Å². The lowest BCUT2D eigenvalue weighted by molar-refractivity contribution is 0.146. The standard InChI is InChI=1S/C21H24O3/c22-21(13-7-15-23-17-19-9-3-1-4-10-19)14-8-16-24-18-20-11-5-2-6-12-20/h1-14,21-22H,15-18H2. The van der Waals surface area contributed by atoms with Gasteiger partial charge in [0, 0.05) is 0 Å². The van der Waals surface area contributed by atoms with E-state index in [1.807, 2.05) is 72.8 Å². The Balaban J connectivity index is 1.54. The topological polar surface area (TPSA) is 38.7 Å². The normalized spacial score (nSPS) is 12.9. The van der Waals surface area contributed by atoms with Crippen LogP contribution in [-0.2, 0) is 22.7 Å². The van der Waals surface area contributed by atoms with Gasteiger partial charge >= 0.3 is 0 Å². The summed E-state index contributed by atoms with van der Waals surface area (Å²) in [6, 6.07) is 20.0. The van der Waals surface area contributed by atoms with Crippen LogP contribution in [0.3, 0.4) is 0 Å². The van der Waals surface area contributed by atoms with E-state index in [9.17, 15) is 5.11 Å². The third-order valence-corrected chi connectivity index (χ3v) is 3.32. The van der Waals surface area contributed by atoms with E-state index in [0.717, 1.165) is 11.1 Å². The molecule has 0 radical (unpaired) electrons. The Morgan fingerprint density at radius 3 is 1.54 bits per heavy atom. The number of hydrogen-bond donors (Lipinski definition) is 1. The largest absolute Gasteiger partial charge is 0.385 e. The van der Waals surface area contributed by atoms with Crippen LogP contribution in [0.2, 0.25) is 0 Å². The molecule has 0 aliphatic rings. The first-order valence-corrected chi connectivity index (χ1v) is 8.09. The van der Waals surface area contributed by atoms with Crippen LogP contribution in [-0.4, -0.2) is 24.4 Å². The second-order valence-electron chi connectivity index (χ2n) is 5.35. The second-order valence-corrected chi connectivity index (χ2v) is 5.35. The van der Waals surface area contributed by atoms with Gasteiger partial charge in [0.05, 0.1) is 32.5 Å². The zero-order valence-corrected chi connectivity index (χ0v) is 13.8. The Kier molecular flexibility index (Phi) is 8.58. The molecule has 0 aromatic heterocycles. The van der Waals surface area contributed by atoms with E-state index in [1.165, 1.54) is 0 Å². The summed E-state index contributed by atoms with van der Waals surface area (Å²) in [5.74, 6) is 0. The highest BCUT2D eigenvalue weighted by Crippen LogP contribution is 2.01. The molecule has 0 aliphatic heterocycles. The molecule has 0 spiro atoms. The first kappa shape index (κ1) is 18.1. The molecule has 0 bridgehead atoms. The van der Waals surface area contributed by atoms with Gasteiger partial charge in [-0.2, -0.15) is 0 Å². The molecule has 1 N–H and O–H groups in total. The highest BCUT2D eigenvalue weighted by Gasteiger charge is 1.93. The maximum Gasteiger partial charge on any atom is 0.0904 e. The smallest absolute Gasteiger partial charge is 0.0904 e. The highest BCUT2D eigenvalue weighted by atomic mass is 16.5. The van der Waals surface area contributed by atoms with Gasteiger partial charge in [0.25, 0.3) is 0 Å². The fourth-order valence-corrected chi connectivity index (χ4v) is 2.09. The van der Waals surface area contributed by atoms with Gasteiger partial charge in [0.15, 0.2) is 0 Å². The first-order valence-electron chi connectivity index (χ1n) is 8.09. The fraction of sp³-hybridized carbons (Fsp3) is 0.238. The van der Waals surface area contributed by atoms with E-state index >= 15 is 0 Å². The van der Waals surface area contributed by atoms with Crippen molar-refractivity contribution in [1.82, 2.24) is 0 Å². The molecule has 2 aromatic rings. The molecule has 0 amide bonds. The van der Waals surface area contributed by atoms with Crippen LogP contribution in [0.25, 0.3) is 0 Å². The summed E-state index contributed by atoms with van der Waals surface area (Å²) < 4.78 is 11.0. The van der Waals surface area contributed by atoms with Crippen molar-refractivity contribution >= 4 is 0 Å². The summed E-state index contributed by atoms with van der Waals surface area (Å²) in [5.41, 5.74) is 2.28. The van der Waals surface area contributed by atoms with Gasteiger partial charge in [-0.15, -0.1) is 0 Å². The van der Waals surface area contributed by atoms with Gasteiger partial charge in [0.1, 0.15) is 0 Å². The number of aliphatic hydroxyl groups excluding tert-OH is 1. The third-order valence-electron chi connectivity index (χ3n) is 3.32. The van der Waals surface area contributed by atoms with Gasteiger partial charge < -0.3 is 14.6 Å². The van der Waals surface area contributed by atoms with Crippen LogP contribution in [0.4, 0.5) is 0 Å². The summed E-state index contributed by atoms with van der Waals surface area (Å²) in [7, 11) is 0. The lowest BCUT2D eigenvalue weighted by atomic mass is 10.2. The van der Waals surface area contributed by atoms with Crippen molar-refractivity contribution in [2.75, 3.05) is 13.2 Å². The molecule has 2 aromatic carbocycles. The lowest BCUT2D eigenvalue weighted by Gasteiger charge is -2.02. The van der Waals surface area contributed by atoms with Crippen molar-refractivity contribution in [3.8, 4) is 0 Å². The Labute approximate surface area is 143 Å². The van der Waals surface area contributed by atoms with Crippen LogP contribution in [0.5, 0.6) is 0 Å². The van der Waals surface area contributed by atoms with Crippen molar-refractivity contribution in [2.24, 2.45) is 0 Å². The van der Waals surface area contributed by atoms with Gasteiger partial charge in [0.2, 0.25) is 0 Å². The number of rotatable bonds is 10. The van der Waals surface area contributed by atoms with Crippen molar-refractivity contribution in [2.45, 2.75) is 19.3 Å². The molecule has 0 heterocycles. The maximum absolute atomic E-state index is 9.80. The van der Waals surface area contributed by atoms with E-state index < -0.39 is 6.10 Å². The minimum Gasteiger partial charge on any atom is -0.385 e. The molecular formula is C21H24O3. The van der Waals surface area contributed by atoms with Crippen molar-refractivity contribution in [3.63, 3.8) is 0 Å². The summed E-state index contributed by atoms with van der Waals surface area (Å²) in [6.45, 7) is 2.10. The van der Waals surface area contributed by atoms with Crippen LogP contribution >= 0.6 is 0 Å². The molecule has 0 saturated carbocycles. The van der Waals surface area contributed by atoms with Crippen LogP contribution in [0, 0.1) is 0 Å². The van der Waals surface area contributed by atoms with E-state index in [1.54, 1.807) is 12.2 Å². The number of ether oxygens (including phenoxy) is 2. The van der Waals surface area contributed by atoms with Crippen LogP contribution < -0.4 is 0 Å². The number of aliphatic hydroxyl groups is 1. The average molecular weight is 324 g/mol. The van der Waals surface area contributed by atoms with Crippen molar-refractivity contribution < 1.29 is 14.6 Å². The molecule has 2 rings (SSSR count). The summed E-state index contributed by atoms with van der Waals surface area (Å²) in [5, 5.41) is 9.80. The monoisotopic (exact) mass is 324 g/mol. The van der Waals surface area contributed by atoms with Gasteiger partial charge in [-0.25, -0.2) is 0 Å². The van der Waals surface area contributed by atoms with Crippen molar-refractivity contribution in [3.05, 3.63) is 96.1 Å². The molecule has 0 saturated heterocycles. The Bertz CT molecular complexity index is 550. The van der Waals surface area contributed by atoms with Crippen LogP contribution in [0.15, 0.2) is 85.0 Å². The predicted molar refractivity (Wildman–Crippen MR) is 96.5 cm³/mol. The Hall–Kier alpha value is -2.20. The third kappa shape index (κ3) is 7.88. The fourth-order valence-electron chi connectivity index (χ4n) is 2.09. The van der Waals surface area contributed by atoms with Gasteiger partial charge in [-0.05, 0) is 11.1 Å². The maximum atomic E-state index is 9.80. The predicted octanol–water partition coefficient (Wildman–Crippen LogP) is 3.89. The average Bonchev–Trinajstić information content (AvgIpc) is 2.63. The first-order chi connectivity index (χ1) is 11.8. The summed E-state index contributed by atoms with van der Waals surface area (Å²) in [4.78, 5) is 0. The SMILES string of the molecule is OC(C=CCOCc1ccccc1)C=CCOCc1ccccc1. The lowest BCUT2D eigenvalue weighted by Crippen LogP contribution is -1.99. The Morgan fingerprint density at radius 2 is 1.12 bits per heavy atom. The zero-order valence-electron chi connectivity index (χ0n) is 13.8. The van der Waals surface area contributed by atoms with E-state index in [4.69, 9.17) is 9.47 Å². The molecular weight excluding hydrogens is 300 g/mol. The second kappa shape index (κ2) is 11.4. The minimum absolute atomic E-state index is 0.476. The highest BCUT2D eigenvalue weighted by molar-refractivity contribution is 5.14. The van der Waals surface area contributed by atoms with Gasteiger partial charge in [-0.1, -0.05) is 85.0 Å². The number of hydrogen-bond acceptors (Lipinski definition) is 3. The summed E-state index contributed by atoms with van der Waals surface area (Å²) in [6.07, 6.45) is 6.44. The molecule has 0 atom stereocenters. The van der Waals surface area contributed by atoms with E-state index in [0.29, 0.717) is 26.4 Å². The summed E-state index contributed by atoms with van der Waals surface area (Å²) >= 11 is 0. The molecule has 3 nitrogen and oxygen atoms in total. The van der Waals surface area contributed by atoms with E-state index in [2.05, 4.69) is 0 Å². The molecule has 24 heavy (non-hydrogen) atoms. The molecule has 126 valence electrons. The molecule has 0 unspecified atom stereocenters. The molecule has 3 heteroatoms. The molecule has 0 aliphatic carbocycles. The van der Waals surface area contributed by atoms with Crippen LogP contribution in [0.1, 0.15) is 11.1 Å². The quantitative estimate of drug-likeness (QED) is 0.532.